The number of benzene rings is 2. The van der Waals surface area contributed by atoms with Gasteiger partial charge in [0.25, 0.3) is 0 Å². The van der Waals surface area contributed by atoms with Gasteiger partial charge in [0.15, 0.2) is 5.78 Å². The largest absolute Gasteiger partial charge is 0.497 e. The van der Waals surface area contributed by atoms with Crippen molar-refractivity contribution in [3.8, 4) is 11.5 Å². The Morgan fingerprint density at radius 1 is 1.04 bits per heavy atom. The molecule has 2 aromatic carbocycles. The molecule has 0 fully saturated rings. The Hall–Kier alpha value is -2.59. The van der Waals surface area contributed by atoms with Crippen LogP contribution in [0.2, 0.25) is 0 Å². The molecule has 126 valence electrons. The van der Waals surface area contributed by atoms with Gasteiger partial charge in [-0.25, -0.2) is 0 Å². The van der Waals surface area contributed by atoms with Crippen molar-refractivity contribution in [2.24, 2.45) is 0 Å². The lowest BCUT2D eigenvalue weighted by atomic mass is 10.0. The van der Waals surface area contributed by atoms with E-state index in [-0.39, 0.29) is 5.78 Å². The lowest BCUT2D eigenvalue weighted by molar-refractivity contribution is 0.104. The summed E-state index contributed by atoms with van der Waals surface area (Å²) >= 11 is 0. The molecular formula is C20H23NO3. The lowest BCUT2D eigenvalue weighted by Gasteiger charge is -2.14. The molecule has 0 aromatic heterocycles. The summed E-state index contributed by atoms with van der Waals surface area (Å²) in [5.74, 6) is 1.55. The summed E-state index contributed by atoms with van der Waals surface area (Å²) in [6.45, 7) is 0.715. The van der Waals surface area contributed by atoms with E-state index in [1.807, 2.05) is 55.4 Å². The smallest absolute Gasteiger partial charge is 0.185 e. The second-order valence-corrected chi connectivity index (χ2v) is 5.74. The van der Waals surface area contributed by atoms with Crippen LogP contribution in [0.15, 0.2) is 48.5 Å². The molecule has 0 N–H and O–H groups in total. The molecule has 2 rings (SSSR count). The SMILES string of the molecule is COc1ccc(C=CC(=O)c2ccc(OC)c(CN(C)C)c2)cc1. The highest BCUT2D eigenvalue weighted by molar-refractivity contribution is 6.07. The minimum absolute atomic E-state index is 0.0338. The van der Waals surface area contributed by atoms with E-state index in [1.165, 1.54) is 0 Å². The summed E-state index contributed by atoms with van der Waals surface area (Å²) in [5.41, 5.74) is 2.59. The summed E-state index contributed by atoms with van der Waals surface area (Å²) in [6, 6.07) is 13.1. The van der Waals surface area contributed by atoms with Crippen LogP contribution in [0.1, 0.15) is 21.5 Å². The van der Waals surface area contributed by atoms with Crippen LogP contribution in [0.3, 0.4) is 0 Å². The van der Waals surface area contributed by atoms with Crippen LogP contribution in [0.25, 0.3) is 6.08 Å². The van der Waals surface area contributed by atoms with Gasteiger partial charge in [-0.15, -0.1) is 0 Å². The van der Waals surface area contributed by atoms with Crippen LogP contribution < -0.4 is 9.47 Å². The monoisotopic (exact) mass is 325 g/mol. The quantitative estimate of drug-likeness (QED) is 0.575. The Morgan fingerprint density at radius 2 is 1.75 bits per heavy atom. The Balaban J connectivity index is 2.17. The van der Waals surface area contributed by atoms with Crippen LogP contribution in [0.5, 0.6) is 11.5 Å². The number of ether oxygens (including phenoxy) is 2. The summed E-state index contributed by atoms with van der Waals surface area (Å²) in [7, 11) is 7.23. The molecule has 4 heteroatoms. The molecule has 0 aliphatic carbocycles. The number of allylic oxidation sites excluding steroid dienone is 1. The normalized spacial score (nSPS) is 11.0. The summed E-state index contributed by atoms with van der Waals surface area (Å²) < 4.78 is 10.5. The molecule has 0 spiro atoms. The minimum Gasteiger partial charge on any atom is -0.497 e. The molecule has 0 saturated heterocycles. The first-order valence-electron chi connectivity index (χ1n) is 7.71. The molecule has 0 heterocycles. The Morgan fingerprint density at radius 3 is 2.33 bits per heavy atom. The fraction of sp³-hybridized carbons (Fsp3) is 0.250. The molecule has 4 nitrogen and oxygen atoms in total. The van der Waals surface area contributed by atoms with Crippen LogP contribution in [0.4, 0.5) is 0 Å². The van der Waals surface area contributed by atoms with E-state index < -0.39 is 0 Å². The minimum atomic E-state index is -0.0338. The third-order valence-electron chi connectivity index (χ3n) is 3.59. The predicted octanol–water partition coefficient (Wildman–Crippen LogP) is 3.66. The van der Waals surface area contributed by atoms with Crippen LogP contribution in [-0.2, 0) is 6.54 Å². The number of carbonyl (C=O) groups excluding carboxylic acids is 1. The summed E-state index contributed by atoms with van der Waals surface area (Å²) in [4.78, 5) is 14.5. The number of ketones is 1. The Kier molecular flexibility index (Phi) is 6.15. The molecule has 0 bridgehead atoms. The highest BCUT2D eigenvalue weighted by Crippen LogP contribution is 2.22. The number of methoxy groups -OCH3 is 2. The molecule has 0 unspecified atom stereocenters. The first kappa shape index (κ1) is 17.8. The van der Waals surface area contributed by atoms with Gasteiger partial charge in [-0.3, -0.25) is 4.79 Å². The number of nitrogens with zero attached hydrogens (tertiary/aromatic N) is 1. The van der Waals surface area contributed by atoms with Crippen molar-refractivity contribution in [1.29, 1.82) is 0 Å². The highest BCUT2D eigenvalue weighted by Gasteiger charge is 2.09. The number of hydrogen-bond acceptors (Lipinski definition) is 4. The maximum absolute atomic E-state index is 12.4. The molecule has 2 aromatic rings. The van der Waals surface area contributed by atoms with Crippen LogP contribution in [-0.4, -0.2) is 39.0 Å². The molecule has 0 amide bonds. The summed E-state index contributed by atoms with van der Waals surface area (Å²) in [6.07, 6.45) is 3.39. The van der Waals surface area contributed by atoms with Gasteiger partial charge in [0.05, 0.1) is 14.2 Å². The van der Waals surface area contributed by atoms with E-state index in [9.17, 15) is 4.79 Å². The zero-order valence-corrected chi connectivity index (χ0v) is 14.6. The first-order valence-corrected chi connectivity index (χ1v) is 7.71. The van der Waals surface area contributed by atoms with Crippen molar-refractivity contribution in [2.75, 3.05) is 28.3 Å². The van der Waals surface area contributed by atoms with E-state index in [2.05, 4.69) is 0 Å². The Bertz CT molecular complexity index is 718. The van der Waals surface area contributed by atoms with Crippen LogP contribution >= 0.6 is 0 Å². The van der Waals surface area contributed by atoms with E-state index >= 15 is 0 Å². The zero-order chi connectivity index (χ0) is 17.5. The van der Waals surface area contributed by atoms with E-state index in [0.717, 1.165) is 22.6 Å². The Labute approximate surface area is 143 Å². The second-order valence-electron chi connectivity index (χ2n) is 5.74. The average molecular weight is 325 g/mol. The fourth-order valence-electron chi connectivity index (χ4n) is 2.38. The molecule has 0 atom stereocenters. The highest BCUT2D eigenvalue weighted by atomic mass is 16.5. The molecular weight excluding hydrogens is 302 g/mol. The molecule has 0 radical (unpaired) electrons. The van der Waals surface area contributed by atoms with Crippen molar-refractivity contribution >= 4 is 11.9 Å². The van der Waals surface area contributed by atoms with Crippen molar-refractivity contribution < 1.29 is 14.3 Å². The van der Waals surface area contributed by atoms with Crippen LogP contribution in [0, 0.1) is 0 Å². The van der Waals surface area contributed by atoms with Gasteiger partial charge >= 0.3 is 0 Å². The third-order valence-corrected chi connectivity index (χ3v) is 3.59. The molecule has 0 aliphatic heterocycles. The number of hydrogen-bond donors (Lipinski definition) is 0. The van der Waals surface area contributed by atoms with Crippen molar-refractivity contribution in [1.82, 2.24) is 4.90 Å². The fourth-order valence-corrected chi connectivity index (χ4v) is 2.38. The first-order chi connectivity index (χ1) is 11.5. The third kappa shape index (κ3) is 4.70. The molecule has 0 saturated carbocycles. The van der Waals surface area contributed by atoms with Crippen molar-refractivity contribution in [2.45, 2.75) is 6.54 Å². The zero-order valence-electron chi connectivity index (χ0n) is 14.6. The van der Waals surface area contributed by atoms with Gasteiger partial charge in [0.1, 0.15) is 11.5 Å². The van der Waals surface area contributed by atoms with E-state index in [0.29, 0.717) is 12.1 Å². The van der Waals surface area contributed by atoms with Gasteiger partial charge < -0.3 is 14.4 Å². The second kappa shape index (κ2) is 8.31. The lowest BCUT2D eigenvalue weighted by Crippen LogP contribution is -2.12. The van der Waals surface area contributed by atoms with Gasteiger partial charge in [0, 0.05) is 17.7 Å². The molecule has 24 heavy (non-hydrogen) atoms. The maximum Gasteiger partial charge on any atom is 0.185 e. The molecule has 0 aliphatic rings. The van der Waals surface area contributed by atoms with Crippen molar-refractivity contribution in [3.05, 3.63) is 65.2 Å². The predicted molar refractivity (Wildman–Crippen MR) is 96.7 cm³/mol. The van der Waals surface area contributed by atoms with Gasteiger partial charge in [0.2, 0.25) is 0 Å². The van der Waals surface area contributed by atoms with Gasteiger partial charge in [-0.05, 0) is 56.1 Å². The van der Waals surface area contributed by atoms with E-state index in [4.69, 9.17) is 9.47 Å². The van der Waals surface area contributed by atoms with E-state index in [1.54, 1.807) is 32.4 Å². The van der Waals surface area contributed by atoms with Gasteiger partial charge in [-0.1, -0.05) is 18.2 Å². The number of rotatable bonds is 7. The summed E-state index contributed by atoms with van der Waals surface area (Å²) in [5, 5.41) is 0. The van der Waals surface area contributed by atoms with Gasteiger partial charge in [-0.2, -0.15) is 0 Å². The maximum atomic E-state index is 12.4. The standard InChI is InChI=1S/C20H23NO3/c1-21(2)14-17-13-16(8-12-20(17)24-4)19(22)11-7-15-5-9-18(23-3)10-6-15/h5-13H,14H2,1-4H3. The topological polar surface area (TPSA) is 38.8 Å². The number of carbonyl (C=O) groups is 1. The van der Waals surface area contributed by atoms with Crippen molar-refractivity contribution in [3.63, 3.8) is 0 Å². The average Bonchev–Trinajstić information content (AvgIpc) is 2.59.